The van der Waals surface area contributed by atoms with Crippen LogP contribution in [0, 0.1) is 5.92 Å². The first-order valence-corrected chi connectivity index (χ1v) is 6.44. The van der Waals surface area contributed by atoms with Gasteiger partial charge in [0.25, 0.3) is 0 Å². The normalized spacial score (nSPS) is 11.7. The molecule has 1 unspecified atom stereocenters. The fourth-order valence-electron chi connectivity index (χ4n) is 1.36. The SMILES string of the molecule is CC(CN)C(=O)NCc1cc(Br)ccc1OC(F)F.Cl. The number of nitrogens with two attached hydrogens (primary N) is 1. The van der Waals surface area contributed by atoms with E-state index in [1.165, 1.54) is 6.07 Å². The van der Waals surface area contributed by atoms with Gasteiger partial charge in [0.15, 0.2) is 0 Å². The Bertz CT molecular complexity index is 449. The minimum absolute atomic E-state index is 0. The third-order valence-electron chi connectivity index (χ3n) is 2.49. The quantitative estimate of drug-likeness (QED) is 0.806. The van der Waals surface area contributed by atoms with Crippen molar-refractivity contribution >= 4 is 34.2 Å². The standard InChI is InChI=1S/C12H15BrF2N2O2.ClH/c1-7(5-16)11(18)17-6-8-4-9(13)2-3-10(8)19-12(14)15;/h2-4,7,12H,5-6,16H2,1H3,(H,17,18);1H. The number of nitrogens with one attached hydrogen (secondary N) is 1. The number of carbonyl (C=O) groups is 1. The van der Waals surface area contributed by atoms with Crippen molar-refractivity contribution in [2.24, 2.45) is 11.7 Å². The molecule has 114 valence electrons. The molecular weight excluding hydrogens is 357 g/mol. The molecule has 1 amide bonds. The molecule has 8 heteroatoms. The van der Waals surface area contributed by atoms with E-state index in [0.29, 0.717) is 10.0 Å². The highest BCUT2D eigenvalue weighted by Gasteiger charge is 2.13. The van der Waals surface area contributed by atoms with E-state index in [4.69, 9.17) is 5.73 Å². The van der Waals surface area contributed by atoms with Crippen molar-refractivity contribution in [1.82, 2.24) is 5.32 Å². The van der Waals surface area contributed by atoms with Gasteiger partial charge in [0, 0.05) is 29.0 Å². The second-order valence-electron chi connectivity index (χ2n) is 3.99. The first-order chi connectivity index (χ1) is 8.93. The minimum atomic E-state index is -2.90. The summed E-state index contributed by atoms with van der Waals surface area (Å²) in [7, 11) is 0. The van der Waals surface area contributed by atoms with Gasteiger partial charge in [-0.2, -0.15) is 8.78 Å². The zero-order valence-electron chi connectivity index (χ0n) is 10.7. The molecule has 1 aromatic rings. The third-order valence-corrected chi connectivity index (χ3v) is 2.99. The third kappa shape index (κ3) is 6.02. The first-order valence-electron chi connectivity index (χ1n) is 5.65. The summed E-state index contributed by atoms with van der Waals surface area (Å²) in [4.78, 5) is 11.6. The molecule has 0 heterocycles. The lowest BCUT2D eigenvalue weighted by molar-refractivity contribution is -0.124. The predicted octanol–water partition coefficient (Wildman–Crippen LogP) is 2.68. The van der Waals surface area contributed by atoms with Crippen LogP contribution >= 0.6 is 28.3 Å². The molecule has 0 aromatic heterocycles. The van der Waals surface area contributed by atoms with Crippen molar-refractivity contribution in [3.05, 3.63) is 28.2 Å². The first kappa shape index (κ1) is 19.1. The van der Waals surface area contributed by atoms with Crippen LogP contribution in [0.2, 0.25) is 0 Å². The zero-order chi connectivity index (χ0) is 14.4. The van der Waals surface area contributed by atoms with Crippen molar-refractivity contribution in [2.45, 2.75) is 20.1 Å². The largest absolute Gasteiger partial charge is 0.434 e. The Morgan fingerprint density at radius 2 is 2.15 bits per heavy atom. The Morgan fingerprint density at radius 3 is 2.70 bits per heavy atom. The van der Waals surface area contributed by atoms with Crippen LogP contribution in [-0.2, 0) is 11.3 Å². The topological polar surface area (TPSA) is 64.4 Å². The molecule has 0 saturated carbocycles. The van der Waals surface area contributed by atoms with Gasteiger partial charge in [-0.25, -0.2) is 0 Å². The van der Waals surface area contributed by atoms with E-state index in [1.807, 2.05) is 0 Å². The average Bonchev–Trinajstić information content (AvgIpc) is 2.37. The number of ether oxygens (including phenoxy) is 1. The second kappa shape index (κ2) is 9.10. The van der Waals surface area contributed by atoms with E-state index in [9.17, 15) is 13.6 Å². The molecule has 0 spiro atoms. The van der Waals surface area contributed by atoms with Crippen molar-refractivity contribution in [2.75, 3.05) is 6.54 Å². The van der Waals surface area contributed by atoms with E-state index >= 15 is 0 Å². The highest BCUT2D eigenvalue weighted by Crippen LogP contribution is 2.24. The van der Waals surface area contributed by atoms with Gasteiger partial charge in [-0.1, -0.05) is 22.9 Å². The lowest BCUT2D eigenvalue weighted by Crippen LogP contribution is -2.32. The second-order valence-corrected chi connectivity index (χ2v) is 4.90. The number of hydrogen-bond donors (Lipinski definition) is 2. The predicted molar refractivity (Wildman–Crippen MR) is 78.1 cm³/mol. The van der Waals surface area contributed by atoms with Gasteiger partial charge < -0.3 is 15.8 Å². The zero-order valence-corrected chi connectivity index (χ0v) is 13.1. The highest BCUT2D eigenvalue weighted by atomic mass is 79.9. The molecule has 0 aliphatic carbocycles. The molecule has 1 rings (SSSR count). The fraction of sp³-hybridized carbons (Fsp3) is 0.417. The molecular formula is C12H16BrClF2N2O2. The van der Waals surface area contributed by atoms with Crippen LogP contribution in [0.15, 0.2) is 22.7 Å². The van der Waals surface area contributed by atoms with Crippen LogP contribution in [0.5, 0.6) is 5.75 Å². The lowest BCUT2D eigenvalue weighted by Gasteiger charge is -2.13. The van der Waals surface area contributed by atoms with E-state index in [0.717, 1.165) is 0 Å². The lowest BCUT2D eigenvalue weighted by atomic mass is 10.1. The molecule has 4 nitrogen and oxygen atoms in total. The van der Waals surface area contributed by atoms with Crippen molar-refractivity contribution in [3.63, 3.8) is 0 Å². The number of amides is 1. The monoisotopic (exact) mass is 372 g/mol. The minimum Gasteiger partial charge on any atom is -0.434 e. The van der Waals surface area contributed by atoms with Crippen molar-refractivity contribution in [3.8, 4) is 5.75 Å². The number of carbonyl (C=O) groups excluding carboxylic acids is 1. The van der Waals surface area contributed by atoms with Gasteiger partial charge in [-0.05, 0) is 18.2 Å². The molecule has 0 aliphatic heterocycles. The Morgan fingerprint density at radius 1 is 1.50 bits per heavy atom. The van der Waals surface area contributed by atoms with Crippen molar-refractivity contribution in [1.29, 1.82) is 0 Å². The molecule has 1 atom stereocenters. The van der Waals surface area contributed by atoms with Gasteiger partial charge in [0.05, 0.1) is 0 Å². The molecule has 0 saturated heterocycles. The van der Waals surface area contributed by atoms with Crippen LogP contribution in [0.3, 0.4) is 0 Å². The Labute approximate surface area is 130 Å². The maximum absolute atomic E-state index is 12.2. The highest BCUT2D eigenvalue weighted by molar-refractivity contribution is 9.10. The average molecular weight is 374 g/mol. The van der Waals surface area contributed by atoms with Crippen LogP contribution in [0.4, 0.5) is 8.78 Å². The smallest absolute Gasteiger partial charge is 0.387 e. The summed E-state index contributed by atoms with van der Waals surface area (Å²) in [5, 5.41) is 2.63. The Kier molecular flexibility index (Phi) is 8.68. The van der Waals surface area contributed by atoms with Gasteiger partial charge in [0.2, 0.25) is 5.91 Å². The van der Waals surface area contributed by atoms with Gasteiger partial charge in [-0.3, -0.25) is 4.79 Å². The summed E-state index contributed by atoms with van der Waals surface area (Å²) in [6.07, 6.45) is 0. The summed E-state index contributed by atoms with van der Waals surface area (Å²) in [6.45, 7) is -0.888. The summed E-state index contributed by atoms with van der Waals surface area (Å²) in [6, 6.07) is 4.63. The maximum atomic E-state index is 12.2. The molecule has 20 heavy (non-hydrogen) atoms. The van der Waals surface area contributed by atoms with Crippen LogP contribution in [0.1, 0.15) is 12.5 Å². The number of halogens is 4. The number of alkyl halides is 2. The number of rotatable bonds is 6. The molecule has 0 bridgehead atoms. The van der Waals surface area contributed by atoms with Crippen molar-refractivity contribution < 1.29 is 18.3 Å². The van der Waals surface area contributed by atoms with E-state index in [2.05, 4.69) is 26.0 Å². The summed E-state index contributed by atoms with van der Waals surface area (Å²) < 4.78 is 29.6. The maximum Gasteiger partial charge on any atom is 0.387 e. The molecule has 0 radical (unpaired) electrons. The van der Waals surface area contributed by atoms with Gasteiger partial charge >= 0.3 is 6.61 Å². The van der Waals surface area contributed by atoms with E-state index in [1.54, 1.807) is 19.1 Å². The van der Waals surface area contributed by atoms with Crippen LogP contribution in [-0.4, -0.2) is 19.1 Å². The summed E-state index contributed by atoms with van der Waals surface area (Å²) in [5.74, 6) is -0.518. The Balaban J connectivity index is 0.00000361. The Hall–Kier alpha value is -0.920. The van der Waals surface area contributed by atoms with Crippen LogP contribution < -0.4 is 15.8 Å². The molecule has 0 fully saturated rings. The number of hydrogen-bond acceptors (Lipinski definition) is 3. The van der Waals surface area contributed by atoms with E-state index in [-0.39, 0.29) is 43.1 Å². The molecule has 0 aliphatic rings. The van der Waals surface area contributed by atoms with Gasteiger partial charge in [0.1, 0.15) is 5.75 Å². The van der Waals surface area contributed by atoms with Gasteiger partial charge in [-0.15, -0.1) is 12.4 Å². The molecule has 1 aromatic carbocycles. The fourth-order valence-corrected chi connectivity index (χ4v) is 1.77. The van der Waals surface area contributed by atoms with Crippen LogP contribution in [0.25, 0.3) is 0 Å². The number of benzene rings is 1. The summed E-state index contributed by atoms with van der Waals surface area (Å²) >= 11 is 3.24. The molecule has 3 N–H and O–H groups in total. The van der Waals surface area contributed by atoms with E-state index < -0.39 is 6.61 Å². The summed E-state index contributed by atoms with van der Waals surface area (Å²) in [5.41, 5.74) is 5.83.